The molecule has 3 unspecified atom stereocenters. The topological polar surface area (TPSA) is 96.2 Å². The van der Waals surface area contributed by atoms with Gasteiger partial charge in [-0.2, -0.15) is 0 Å². The van der Waals surface area contributed by atoms with E-state index in [-0.39, 0.29) is 29.6 Å². The number of hydrogen-bond donors (Lipinski definition) is 2. The molecule has 3 heterocycles. The molecule has 3 fully saturated rings. The summed E-state index contributed by atoms with van der Waals surface area (Å²) in [5.74, 6) is -1.18. The highest BCUT2D eigenvalue weighted by Crippen LogP contribution is 2.58. The second kappa shape index (κ2) is 3.78. The van der Waals surface area contributed by atoms with Crippen molar-refractivity contribution in [3.05, 3.63) is 10.6 Å². The van der Waals surface area contributed by atoms with Crippen molar-refractivity contribution in [3.63, 3.8) is 0 Å². The molecule has 3 aliphatic heterocycles. The van der Waals surface area contributed by atoms with Crippen LogP contribution in [0.5, 0.6) is 0 Å². The Labute approximate surface area is 120 Å². The van der Waals surface area contributed by atoms with E-state index in [4.69, 9.17) is 10.5 Å². The average molecular weight is 296 g/mol. The Hall–Kier alpha value is -1.05. The zero-order valence-electron chi connectivity index (χ0n) is 11.0. The molecule has 1 saturated carbocycles. The summed E-state index contributed by atoms with van der Waals surface area (Å²) in [6, 6.07) is 0.104. The van der Waals surface area contributed by atoms with Crippen LogP contribution in [0, 0.1) is 5.92 Å². The summed E-state index contributed by atoms with van der Waals surface area (Å²) in [4.78, 5) is 25.9. The lowest BCUT2D eigenvalue weighted by Crippen LogP contribution is -2.67. The van der Waals surface area contributed by atoms with Crippen molar-refractivity contribution in [2.24, 2.45) is 11.7 Å². The molecule has 4 rings (SSSR count). The summed E-state index contributed by atoms with van der Waals surface area (Å²) >= 11 is 1.59. The number of epoxide rings is 1. The zero-order chi connectivity index (χ0) is 14.2. The van der Waals surface area contributed by atoms with E-state index in [9.17, 15) is 14.7 Å². The number of rotatable bonds is 3. The number of ether oxygens (including phenoxy) is 1. The molecule has 0 radical (unpaired) electrons. The number of nitrogens with two attached hydrogens (primary N) is 1. The Kier molecular flexibility index (Phi) is 2.39. The van der Waals surface area contributed by atoms with Crippen LogP contribution >= 0.6 is 11.8 Å². The van der Waals surface area contributed by atoms with Gasteiger partial charge in [-0.25, -0.2) is 4.79 Å². The second-order valence-corrected chi connectivity index (χ2v) is 7.42. The quantitative estimate of drug-likeness (QED) is 0.568. The van der Waals surface area contributed by atoms with E-state index < -0.39 is 11.6 Å². The minimum absolute atomic E-state index is 0.0307. The van der Waals surface area contributed by atoms with Gasteiger partial charge in [-0.05, 0) is 12.8 Å². The van der Waals surface area contributed by atoms with Crippen LogP contribution < -0.4 is 5.73 Å². The van der Waals surface area contributed by atoms with Crippen LogP contribution in [0.4, 0.5) is 0 Å². The molecule has 0 bridgehead atoms. The molecule has 108 valence electrons. The van der Waals surface area contributed by atoms with Crippen molar-refractivity contribution >= 4 is 23.6 Å². The lowest BCUT2D eigenvalue weighted by Gasteiger charge is -2.43. The third kappa shape index (κ3) is 1.38. The Balaban J connectivity index is 1.64. The van der Waals surface area contributed by atoms with E-state index in [2.05, 4.69) is 0 Å². The number of nitrogens with zero attached hydrogens (tertiary/aromatic N) is 1. The van der Waals surface area contributed by atoms with Gasteiger partial charge in [-0.15, -0.1) is 11.8 Å². The fourth-order valence-corrected chi connectivity index (χ4v) is 5.26. The van der Waals surface area contributed by atoms with Gasteiger partial charge in [0.05, 0.1) is 12.6 Å². The maximum absolute atomic E-state index is 12.1. The molecule has 0 aromatic rings. The predicted octanol–water partition coefficient (Wildman–Crippen LogP) is 0.135. The van der Waals surface area contributed by atoms with Crippen molar-refractivity contribution in [2.45, 2.75) is 42.7 Å². The highest BCUT2D eigenvalue weighted by molar-refractivity contribution is 8.03. The van der Waals surface area contributed by atoms with Gasteiger partial charge < -0.3 is 15.6 Å². The largest absolute Gasteiger partial charge is 0.477 e. The molecular formula is C13H16N2O4S. The van der Waals surface area contributed by atoms with Gasteiger partial charge in [0.2, 0.25) is 0 Å². The smallest absolute Gasteiger partial charge is 0.353 e. The van der Waals surface area contributed by atoms with Gasteiger partial charge in [-0.1, -0.05) is 6.92 Å². The van der Waals surface area contributed by atoms with E-state index in [1.807, 2.05) is 6.92 Å². The van der Waals surface area contributed by atoms with Gasteiger partial charge >= 0.3 is 5.97 Å². The number of carboxylic acid groups (broad SMARTS) is 1. The molecular weight excluding hydrogens is 280 g/mol. The molecule has 3 N–H and O–H groups in total. The molecule has 1 spiro atoms. The first kappa shape index (κ1) is 12.7. The van der Waals surface area contributed by atoms with E-state index >= 15 is 0 Å². The SMILES string of the molecule is CC1C(SC2CC(N)C2)=C(C(=O)O)N2C(=O)C3(CO3)C12. The van der Waals surface area contributed by atoms with Crippen molar-refractivity contribution < 1.29 is 19.4 Å². The summed E-state index contributed by atoms with van der Waals surface area (Å²) < 4.78 is 5.33. The van der Waals surface area contributed by atoms with Crippen LogP contribution in [0.25, 0.3) is 0 Å². The number of carboxylic acids is 1. The van der Waals surface area contributed by atoms with Gasteiger partial charge in [0.1, 0.15) is 5.70 Å². The highest BCUT2D eigenvalue weighted by atomic mass is 32.2. The molecule has 1 aliphatic carbocycles. The van der Waals surface area contributed by atoms with Crippen molar-refractivity contribution in [1.29, 1.82) is 0 Å². The van der Waals surface area contributed by atoms with Crippen LogP contribution in [0.15, 0.2) is 10.6 Å². The second-order valence-electron chi connectivity index (χ2n) is 6.08. The lowest BCUT2D eigenvalue weighted by molar-refractivity contribution is -0.158. The van der Waals surface area contributed by atoms with Gasteiger partial charge in [0.15, 0.2) is 5.60 Å². The summed E-state index contributed by atoms with van der Waals surface area (Å²) in [6.45, 7) is 2.42. The van der Waals surface area contributed by atoms with E-state index in [0.717, 1.165) is 17.7 Å². The standard InChI is InChI=1S/C13H16N2O4S/c1-5-9(20-7-2-6(14)3-7)8(11(16)17)15-10(5)13(4-19-13)12(15)18/h5-7,10H,2-4,14H2,1H3,(H,16,17). The summed E-state index contributed by atoms with van der Waals surface area (Å²) in [5.41, 5.74) is 5.24. The molecule has 2 saturated heterocycles. The van der Waals surface area contributed by atoms with Crippen LogP contribution in [-0.4, -0.2) is 51.4 Å². The van der Waals surface area contributed by atoms with Gasteiger partial charge in [0.25, 0.3) is 5.91 Å². The molecule has 0 aromatic heterocycles. The third-order valence-corrected chi connectivity index (χ3v) is 6.32. The summed E-state index contributed by atoms with van der Waals surface area (Å²) in [5, 5.41) is 9.83. The lowest BCUT2D eigenvalue weighted by atomic mass is 9.82. The number of fused-ring (bicyclic) bond motifs is 2. The monoisotopic (exact) mass is 296 g/mol. The van der Waals surface area contributed by atoms with E-state index in [0.29, 0.717) is 11.9 Å². The Morgan fingerprint density at radius 1 is 1.55 bits per heavy atom. The number of carbonyl (C=O) groups is 2. The molecule has 4 aliphatic rings. The number of carbonyl (C=O) groups excluding carboxylic acids is 1. The van der Waals surface area contributed by atoms with Crippen molar-refractivity contribution in [1.82, 2.24) is 4.90 Å². The highest BCUT2D eigenvalue weighted by Gasteiger charge is 2.76. The summed E-state index contributed by atoms with van der Waals surface area (Å²) in [6.07, 6.45) is 1.82. The number of aliphatic carboxylic acids is 1. The Bertz CT molecular complexity index is 551. The minimum atomic E-state index is -1.02. The van der Waals surface area contributed by atoms with Gasteiger partial charge in [-0.3, -0.25) is 9.69 Å². The maximum atomic E-state index is 12.1. The van der Waals surface area contributed by atoms with Crippen molar-refractivity contribution in [2.75, 3.05) is 6.61 Å². The average Bonchev–Trinajstić information content (AvgIpc) is 3.11. The fraction of sp³-hybridized carbons (Fsp3) is 0.692. The van der Waals surface area contributed by atoms with Gasteiger partial charge in [0, 0.05) is 22.1 Å². The number of β-lactam (4-membered cyclic amide) rings is 1. The molecule has 3 atom stereocenters. The first-order valence-corrected chi connectivity index (χ1v) is 7.71. The van der Waals surface area contributed by atoms with Crippen LogP contribution in [-0.2, 0) is 14.3 Å². The Morgan fingerprint density at radius 3 is 2.70 bits per heavy atom. The number of hydrogen-bond acceptors (Lipinski definition) is 5. The first-order chi connectivity index (χ1) is 9.45. The number of thioether (sulfide) groups is 1. The molecule has 20 heavy (non-hydrogen) atoms. The predicted molar refractivity (Wildman–Crippen MR) is 71.7 cm³/mol. The zero-order valence-corrected chi connectivity index (χ0v) is 11.9. The summed E-state index contributed by atoms with van der Waals surface area (Å²) in [7, 11) is 0. The number of amides is 1. The molecule has 1 amide bonds. The third-order valence-electron chi connectivity index (χ3n) is 4.78. The van der Waals surface area contributed by atoms with Crippen LogP contribution in [0.2, 0.25) is 0 Å². The fourth-order valence-electron chi connectivity index (χ4n) is 3.57. The molecule has 6 nitrogen and oxygen atoms in total. The minimum Gasteiger partial charge on any atom is -0.477 e. The van der Waals surface area contributed by atoms with Crippen molar-refractivity contribution in [3.8, 4) is 0 Å². The first-order valence-electron chi connectivity index (χ1n) is 6.83. The van der Waals surface area contributed by atoms with Crippen LogP contribution in [0.1, 0.15) is 19.8 Å². The van der Waals surface area contributed by atoms with E-state index in [1.165, 1.54) is 4.90 Å². The maximum Gasteiger partial charge on any atom is 0.353 e. The molecule has 0 aromatic carbocycles. The van der Waals surface area contributed by atoms with E-state index in [1.54, 1.807) is 11.8 Å². The van der Waals surface area contributed by atoms with Crippen LogP contribution in [0.3, 0.4) is 0 Å². The molecule has 7 heteroatoms. The Morgan fingerprint density at radius 2 is 2.20 bits per heavy atom. The normalized spacial score (nSPS) is 45.3.